The summed E-state index contributed by atoms with van der Waals surface area (Å²) in [7, 11) is 0. The van der Waals surface area contributed by atoms with E-state index in [4.69, 9.17) is 4.74 Å². The predicted molar refractivity (Wildman–Crippen MR) is 77.6 cm³/mol. The maximum atomic E-state index is 11.7. The second-order valence-corrected chi connectivity index (χ2v) is 5.29. The summed E-state index contributed by atoms with van der Waals surface area (Å²) < 4.78 is 5.61. The Morgan fingerprint density at radius 1 is 1.30 bits per heavy atom. The first kappa shape index (κ1) is 14.9. The second-order valence-electron chi connectivity index (χ2n) is 5.29. The zero-order valence-electron chi connectivity index (χ0n) is 11.8. The summed E-state index contributed by atoms with van der Waals surface area (Å²) >= 11 is 0. The Bertz CT molecular complexity index is 410. The molecule has 1 aliphatic heterocycles. The number of phenolic OH excluding ortho intramolecular Hbond substituents is 1. The number of rotatable bonds is 6. The highest BCUT2D eigenvalue weighted by atomic mass is 16.5. The highest BCUT2D eigenvalue weighted by molar-refractivity contribution is 5.75. The highest BCUT2D eigenvalue weighted by Crippen LogP contribution is 2.16. The molecule has 0 radical (unpaired) electrons. The van der Waals surface area contributed by atoms with E-state index in [9.17, 15) is 9.90 Å². The number of phenols is 1. The van der Waals surface area contributed by atoms with Crippen molar-refractivity contribution in [3.63, 3.8) is 0 Å². The number of benzene rings is 1. The molecule has 0 saturated carbocycles. The molecule has 1 amide bonds. The smallest absolute Gasteiger partial charge is 0.220 e. The summed E-state index contributed by atoms with van der Waals surface area (Å²) in [5.74, 6) is 0.364. The molecule has 110 valence electrons. The van der Waals surface area contributed by atoms with Crippen molar-refractivity contribution in [1.29, 1.82) is 0 Å². The third kappa shape index (κ3) is 5.21. The van der Waals surface area contributed by atoms with Crippen LogP contribution in [0.5, 0.6) is 5.75 Å². The zero-order valence-corrected chi connectivity index (χ0v) is 11.8. The minimum absolute atomic E-state index is 0.0953. The number of hydrogen-bond acceptors (Lipinski definition) is 3. The van der Waals surface area contributed by atoms with Crippen molar-refractivity contribution in [2.24, 2.45) is 0 Å². The molecule has 1 unspecified atom stereocenters. The van der Waals surface area contributed by atoms with Crippen LogP contribution in [0.4, 0.5) is 0 Å². The second kappa shape index (κ2) is 7.90. The number of aromatic hydroxyl groups is 1. The van der Waals surface area contributed by atoms with Crippen molar-refractivity contribution < 1.29 is 14.6 Å². The van der Waals surface area contributed by atoms with Crippen LogP contribution in [-0.2, 0) is 16.0 Å². The van der Waals surface area contributed by atoms with Crippen molar-refractivity contribution in [3.05, 3.63) is 29.8 Å². The summed E-state index contributed by atoms with van der Waals surface area (Å²) in [6.07, 6.45) is 5.87. The Kier molecular flexibility index (Phi) is 5.87. The van der Waals surface area contributed by atoms with Crippen molar-refractivity contribution in [3.8, 4) is 5.75 Å². The fourth-order valence-corrected chi connectivity index (χ4v) is 2.42. The molecule has 1 heterocycles. The molecule has 4 heteroatoms. The number of hydrogen-bond donors (Lipinski definition) is 2. The van der Waals surface area contributed by atoms with Crippen LogP contribution in [0.25, 0.3) is 0 Å². The molecule has 1 atom stereocenters. The molecule has 2 N–H and O–H groups in total. The van der Waals surface area contributed by atoms with Gasteiger partial charge in [0, 0.05) is 19.6 Å². The van der Waals surface area contributed by atoms with Gasteiger partial charge in [0.05, 0.1) is 6.10 Å². The third-order valence-corrected chi connectivity index (χ3v) is 3.64. The van der Waals surface area contributed by atoms with E-state index in [0.717, 1.165) is 37.9 Å². The Balaban J connectivity index is 1.58. The highest BCUT2D eigenvalue weighted by Gasteiger charge is 2.14. The van der Waals surface area contributed by atoms with Gasteiger partial charge in [0.1, 0.15) is 5.75 Å². The third-order valence-electron chi connectivity index (χ3n) is 3.64. The average molecular weight is 277 g/mol. The van der Waals surface area contributed by atoms with Gasteiger partial charge in [-0.05, 0) is 49.8 Å². The Hall–Kier alpha value is -1.55. The Morgan fingerprint density at radius 3 is 2.80 bits per heavy atom. The van der Waals surface area contributed by atoms with Crippen LogP contribution in [0.15, 0.2) is 24.3 Å². The van der Waals surface area contributed by atoms with Crippen LogP contribution < -0.4 is 5.32 Å². The molecule has 1 fully saturated rings. The Morgan fingerprint density at radius 2 is 2.10 bits per heavy atom. The van der Waals surface area contributed by atoms with Crippen LogP contribution in [0.1, 0.15) is 37.7 Å². The first-order valence-electron chi connectivity index (χ1n) is 7.40. The van der Waals surface area contributed by atoms with Gasteiger partial charge in [0.2, 0.25) is 5.91 Å². The molecule has 1 saturated heterocycles. The van der Waals surface area contributed by atoms with Crippen LogP contribution in [0, 0.1) is 0 Å². The van der Waals surface area contributed by atoms with E-state index in [2.05, 4.69) is 5.32 Å². The lowest BCUT2D eigenvalue weighted by molar-refractivity contribution is -0.122. The van der Waals surface area contributed by atoms with E-state index >= 15 is 0 Å². The van der Waals surface area contributed by atoms with Gasteiger partial charge in [-0.1, -0.05) is 12.1 Å². The largest absolute Gasteiger partial charge is 0.508 e. The lowest BCUT2D eigenvalue weighted by atomic mass is 10.0. The maximum Gasteiger partial charge on any atom is 0.220 e. The van der Waals surface area contributed by atoms with E-state index in [-0.39, 0.29) is 17.8 Å². The normalized spacial score (nSPS) is 18.7. The molecule has 0 spiro atoms. The van der Waals surface area contributed by atoms with Gasteiger partial charge in [0.25, 0.3) is 0 Å². The fraction of sp³-hybridized carbons (Fsp3) is 0.562. The lowest BCUT2D eigenvalue weighted by Crippen LogP contribution is -2.27. The van der Waals surface area contributed by atoms with E-state index in [1.807, 2.05) is 12.1 Å². The van der Waals surface area contributed by atoms with Gasteiger partial charge < -0.3 is 15.2 Å². The topological polar surface area (TPSA) is 58.6 Å². The van der Waals surface area contributed by atoms with E-state index < -0.39 is 0 Å². The van der Waals surface area contributed by atoms with Crippen molar-refractivity contribution >= 4 is 5.91 Å². The van der Waals surface area contributed by atoms with E-state index in [0.29, 0.717) is 13.0 Å². The monoisotopic (exact) mass is 277 g/mol. The molecular weight excluding hydrogens is 254 g/mol. The van der Waals surface area contributed by atoms with Crippen LogP contribution in [-0.4, -0.2) is 30.3 Å². The minimum atomic E-state index is 0.0953. The molecule has 1 aliphatic rings. The van der Waals surface area contributed by atoms with Gasteiger partial charge >= 0.3 is 0 Å². The SMILES string of the molecule is O=C(CCC1CCCCO1)NCCc1ccc(O)cc1. The Labute approximate surface area is 120 Å². The number of nitrogens with one attached hydrogen (secondary N) is 1. The summed E-state index contributed by atoms with van der Waals surface area (Å²) in [4.78, 5) is 11.7. The van der Waals surface area contributed by atoms with Crippen LogP contribution >= 0.6 is 0 Å². The number of carbonyl (C=O) groups excluding carboxylic acids is 1. The lowest BCUT2D eigenvalue weighted by Gasteiger charge is -2.22. The molecule has 1 aromatic carbocycles. The molecule has 0 aromatic heterocycles. The van der Waals surface area contributed by atoms with Gasteiger partial charge in [-0.3, -0.25) is 4.79 Å². The summed E-state index contributed by atoms with van der Waals surface area (Å²) in [6, 6.07) is 7.07. The fourth-order valence-electron chi connectivity index (χ4n) is 2.42. The molecule has 0 aliphatic carbocycles. The number of amides is 1. The summed E-state index contributed by atoms with van der Waals surface area (Å²) in [6.45, 7) is 1.47. The van der Waals surface area contributed by atoms with Crippen molar-refractivity contribution in [2.45, 2.75) is 44.6 Å². The maximum absolute atomic E-state index is 11.7. The summed E-state index contributed by atoms with van der Waals surface area (Å²) in [5, 5.41) is 12.1. The van der Waals surface area contributed by atoms with E-state index in [1.54, 1.807) is 12.1 Å². The van der Waals surface area contributed by atoms with Gasteiger partial charge in [-0.15, -0.1) is 0 Å². The van der Waals surface area contributed by atoms with Gasteiger partial charge in [-0.25, -0.2) is 0 Å². The molecule has 20 heavy (non-hydrogen) atoms. The molecule has 2 rings (SSSR count). The van der Waals surface area contributed by atoms with Crippen LogP contribution in [0.3, 0.4) is 0 Å². The zero-order chi connectivity index (χ0) is 14.2. The average Bonchev–Trinajstić information content (AvgIpc) is 2.48. The van der Waals surface area contributed by atoms with Crippen LogP contribution in [0.2, 0.25) is 0 Å². The number of carbonyl (C=O) groups is 1. The molecule has 1 aromatic rings. The number of ether oxygens (including phenoxy) is 1. The minimum Gasteiger partial charge on any atom is -0.508 e. The van der Waals surface area contributed by atoms with Gasteiger partial charge in [0.15, 0.2) is 0 Å². The van der Waals surface area contributed by atoms with Crippen molar-refractivity contribution in [2.75, 3.05) is 13.2 Å². The molecule has 4 nitrogen and oxygen atoms in total. The predicted octanol–water partition coefficient (Wildman–Crippen LogP) is 2.40. The molecule has 0 bridgehead atoms. The quantitative estimate of drug-likeness (QED) is 0.839. The standard InChI is InChI=1S/C16H23NO3/c18-14-6-4-13(5-7-14)10-11-17-16(19)9-8-15-3-1-2-12-20-15/h4-7,15,18H,1-3,8-12H2,(H,17,19). The van der Waals surface area contributed by atoms with Crippen molar-refractivity contribution in [1.82, 2.24) is 5.32 Å². The van der Waals surface area contributed by atoms with Gasteiger partial charge in [-0.2, -0.15) is 0 Å². The molecular formula is C16H23NO3. The summed E-state index contributed by atoms with van der Waals surface area (Å²) in [5.41, 5.74) is 1.11. The van der Waals surface area contributed by atoms with E-state index in [1.165, 1.54) is 6.42 Å². The first-order chi connectivity index (χ1) is 9.74. The first-order valence-corrected chi connectivity index (χ1v) is 7.40.